The lowest BCUT2D eigenvalue weighted by molar-refractivity contribution is -0.139. The number of aromatic nitrogens is 4. The molecule has 0 radical (unpaired) electrons. The maximum absolute atomic E-state index is 13.1. The fraction of sp³-hybridized carbons (Fsp3) is 0.593. The first-order valence-corrected chi connectivity index (χ1v) is 13.4. The standard InChI is InChI=1S/C14H16F3N3O3.C13H18F3N3/c1-7(22)5-20(2)10(6-21)8-3-4-9-11(14(15,16)17)13(23)19-18-12(8)9;1-9-3-5-19(6-4-10(9)2)12-17-7-11(8-18-12)13(14,15)16/h6,8,21H,3-5H2,1-2H3,(H,19,23);7-10H,3-6H2,1-2H3. The number of likely N-dealkylation sites (N-methyl/N-ethyl adjacent to an activating group) is 1. The molecule has 4 rings (SSSR count). The van der Waals surface area contributed by atoms with Gasteiger partial charge in [-0.2, -0.15) is 31.4 Å². The summed E-state index contributed by atoms with van der Waals surface area (Å²) in [6.45, 7) is 7.40. The summed E-state index contributed by atoms with van der Waals surface area (Å²) in [7, 11) is 1.55. The van der Waals surface area contributed by atoms with Crippen molar-refractivity contribution in [2.45, 2.75) is 64.7 Å². The third kappa shape index (κ3) is 7.79. The van der Waals surface area contributed by atoms with E-state index >= 15 is 0 Å². The Morgan fingerprint density at radius 2 is 1.64 bits per heavy atom. The van der Waals surface area contributed by atoms with Crippen LogP contribution < -0.4 is 10.5 Å². The molecule has 0 bridgehead atoms. The zero-order chi connectivity index (χ0) is 31.4. The van der Waals surface area contributed by atoms with Crippen molar-refractivity contribution in [1.29, 1.82) is 0 Å². The maximum atomic E-state index is 13.1. The van der Waals surface area contributed by atoms with E-state index in [9.17, 15) is 41.0 Å². The SMILES string of the molecule is CC(=O)CN(C)C(=CO)C1CCc2c1n[nH]c(=O)c2C(F)(F)F.CC1CCN(c2ncc(C(F)(F)F)cn2)CCC1C. The highest BCUT2D eigenvalue weighted by molar-refractivity contribution is 5.77. The molecule has 0 spiro atoms. The highest BCUT2D eigenvalue weighted by Crippen LogP contribution is 2.41. The maximum Gasteiger partial charge on any atom is 0.422 e. The number of aliphatic hydroxyl groups excluding tert-OH is 1. The molecule has 1 aliphatic heterocycles. The van der Waals surface area contributed by atoms with Crippen LogP contribution in [0.5, 0.6) is 0 Å². The van der Waals surface area contributed by atoms with Crippen molar-refractivity contribution in [2.24, 2.45) is 11.8 Å². The summed E-state index contributed by atoms with van der Waals surface area (Å²) in [4.78, 5) is 33.8. The van der Waals surface area contributed by atoms with E-state index in [1.807, 2.05) is 10.00 Å². The fourth-order valence-corrected chi connectivity index (χ4v) is 5.16. The number of aliphatic hydroxyl groups is 1. The quantitative estimate of drug-likeness (QED) is 0.358. The summed E-state index contributed by atoms with van der Waals surface area (Å²) in [5.74, 6) is 0.876. The van der Waals surface area contributed by atoms with Crippen molar-refractivity contribution in [3.8, 4) is 0 Å². The van der Waals surface area contributed by atoms with Crippen LogP contribution in [0.4, 0.5) is 32.3 Å². The number of nitrogens with one attached hydrogen (secondary N) is 1. The predicted molar refractivity (Wildman–Crippen MR) is 142 cm³/mol. The van der Waals surface area contributed by atoms with Gasteiger partial charge in [0.1, 0.15) is 11.3 Å². The van der Waals surface area contributed by atoms with Crippen LogP contribution in [0.15, 0.2) is 29.1 Å². The minimum absolute atomic E-state index is 0.00765. The van der Waals surface area contributed by atoms with Crippen molar-refractivity contribution in [3.63, 3.8) is 0 Å². The van der Waals surface area contributed by atoms with E-state index in [1.165, 1.54) is 11.8 Å². The molecule has 232 valence electrons. The van der Waals surface area contributed by atoms with Crippen LogP contribution >= 0.6 is 0 Å². The van der Waals surface area contributed by atoms with Gasteiger partial charge < -0.3 is 14.9 Å². The molecule has 2 aromatic rings. The number of hydrogen-bond acceptors (Lipinski definition) is 8. The number of carbonyl (C=O) groups is 1. The molecule has 2 aromatic heterocycles. The van der Waals surface area contributed by atoms with Crippen molar-refractivity contribution in [2.75, 3.05) is 31.6 Å². The molecule has 3 heterocycles. The monoisotopic (exact) mass is 604 g/mol. The molecule has 9 nitrogen and oxygen atoms in total. The second-order valence-electron chi connectivity index (χ2n) is 10.8. The van der Waals surface area contributed by atoms with Gasteiger partial charge in [0.25, 0.3) is 5.56 Å². The summed E-state index contributed by atoms with van der Waals surface area (Å²) in [6.07, 6.45) is -4.33. The number of ketones is 1. The van der Waals surface area contributed by atoms with Crippen LogP contribution in [0.2, 0.25) is 0 Å². The first-order valence-electron chi connectivity index (χ1n) is 13.4. The Balaban J connectivity index is 0.000000235. The minimum Gasteiger partial charge on any atom is -0.514 e. The number of nitrogens with zero attached hydrogens (tertiary/aromatic N) is 5. The van der Waals surface area contributed by atoms with Crippen LogP contribution in [-0.4, -0.2) is 62.6 Å². The van der Waals surface area contributed by atoms with E-state index in [-0.39, 0.29) is 42.1 Å². The van der Waals surface area contributed by atoms with Gasteiger partial charge in [-0.25, -0.2) is 15.1 Å². The number of halogens is 6. The summed E-state index contributed by atoms with van der Waals surface area (Å²) in [5.41, 5.74) is -3.10. The van der Waals surface area contributed by atoms with Crippen LogP contribution in [0.3, 0.4) is 0 Å². The number of carbonyl (C=O) groups excluding carboxylic acids is 1. The zero-order valence-electron chi connectivity index (χ0n) is 23.7. The first-order chi connectivity index (χ1) is 19.5. The number of anilines is 1. The Bertz CT molecular complexity index is 1310. The third-order valence-electron chi connectivity index (χ3n) is 7.73. The number of fused-ring (bicyclic) bond motifs is 1. The number of hydrogen-bond donors (Lipinski definition) is 2. The highest BCUT2D eigenvalue weighted by Gasteiger charge is 2.42. The topological polar surface area (TPSA) is 115 Å². The van der Waals surface area contributed by atoms with Gasteiger partial charge in [0.15, 0.2) is 0 Å². The number of aromatic amines is 1. The first kappa shape index (κ1) is 32.9. The molecule has 0 aromatic carbocycles. The van der Waals surface area contributed by atoms with Gasteiger partial charge >= 0.3 is 12.4 Å². The smallest absolute Gasteiger partial charge is 0.422 e. The van der Waals surface area contributed by atoms with Crippen molar-refractivity contribution < 1.29 is 36.2 Å². The molecular weight excluding hydrogens is 570 g/mol. The minimum atomic E-state index is -4.77. The largest absolute Gasteiger partial charge is 0.514 e. The molecule has 1 saturated heterocycles. The molecule has 3 unspecified atom stereocenters. The molecule has 42 heavy (non-hydrogen) atoms. The van der Waals surface area contributed by atoms with Crippen LogP contribution in [0.1, 0.15) is 68.3 Å². The van der Waals surface area contributed by atoms with Crippen molar-refractivity contribution in [1.82, 2.24) is 25.1 Å². The number of rotatable bonds is 5. The van der Waals surface area contributed by atoms with Gasteiger partial charge in [0, 0.05) is 38.4 Å². The zero-order valence-corrected chi connectivity index (χ0v) is 23.7. The van der Waals surface area contributed by atoms with Gasteiger partial charge in [-0.15, -0.1) is 0 Å². The Morgan fingerprint density at radius 1 is 1.07 bits per heavy atom. The lowest BCUT2D eigenvalue weighted by atomic mass is 9.92. The van der Waals surface area contributed by atoms with Crippen LogP contribution in [-0.2, 0) is 23.6 Å². The van der Waals surface area contributed by atoms with Crippen molar-refractivity contribution >= 4 is 11.7 Å². The molecule has 0 saturated carbocycles. The third-order valence-corrected chi connectivity index (χ3v) is 7.73. The van der Waals surface area contributed by atoms with Crippen LogP contribution in [0.25, 0.3) is 0 Å². The van der Waals surface area contributed by atoms with Gasteiger partial charge in [0.2, 0.25) is 5.95 Å². The van der Waals surface area contributed by atoms with E-state index in [1.54, 1.807) is 7.05 Å². The number of H-pyrrole nitrogens is 1. The number of allylic oxidation sites excluding steroid dienone is 1. The molecular formula is C27H34F6N6O3. The van der Waals surface area contributed by atoms with Gasteiger partial charge in [-0.3, -0.25) is 9.59 Å². The summed E-state index contributed by atoms with van der Waals surface area (Å²) < 4.78 is 76.5. The van der Waals surface area contributed by atoms with E-state index in [0.717, 1.165) is 44.6 Å². The van der Waals surface area contributed by atoms with E-state index in [2.05, 4.69) is 28.9 Å². The summed E-state index contributed by atoms with van der Waals surface area (Å²) >= 11 is 0. The average Bonchev–Trinajstić information content (AvgIpc) is 3.22. The van der Waals surface area contributed by atoms with Crippen LogP contribution in [0, 0.1) is 11.8 Å². The Morgan fingerprint density at radius 3 is 2.12 bits per heavy atom. The van der Waals surface area contributed by atoms with E-state index in [4.69, 9.17) is 0 Å². The molecule has 15 heteroatoms. The van der Waals surface area contributed by atoms with Crippen molar-refractivity contribution in [3.05, 3.63) is 57.1 Å². The number of Topliss-reactive ketones (excluding diaryl/α,β-unsaturated/α-hetero) is 1. The fourth-order valence-electron chi connectivity index (χ4n) is 5.16. The van der Waals surface area contributed by atoms with E-state index in [0.29, 0.717) is 17.8 Å². The summed E-state index contributed by atoms with van der Waals surface area (Å²) in [6, 6.07) is 0. The van der Waals surface area contributed by atoms with Gasteiger partial charge in [-0.1, -0.05) is 13.8 Å². The summed E-state index contributed by atoms with van der Waals surface area (Å²) in [5, 5.41) is 15.1. The normalized spacial score (nSPS) is 21.2. The second-order valence-corrected chi connectivity index (χ2v) is 10.8. The second kappa shape index (κ2) is 13.1. The lowest BCUT2D eigenvalue weighted by Crippen LogP contribution is -2.28. The number of alkyl halides is 6. The highest BCUT2D eigenvalue weighted by atomic mass is 19.4. The Labute approximate surface area is 238 Å². The molecule has 2 aliphatic rings. The molecule has 0 amide bonds. The lowest BCUT2D eigenvalue weighted by Gasteiger charge is -2.25. The molecule has 3 atom stereocenters. The average molecular weight is 605 g/mol. The molecule has 2 N–H and O–H groups in total. The van der Waals surface area contributed by atoms with E-state index < -0.39 is 35.0 Å². The predicted octanol–water partition coefficient (Wildman–Crippen LogP) is 5.11. The Hall–Kier alpha value is -3.65. The Kier molecular flexibility index (Phi) is 10.3. The van der Waals surface area contributed by atoms with Gasteiger partial charge in [-0.05, 0) is 50.0 Å². The van der Waals surface area contributed by atoms with Gasteiger partial charge in [0.05, 0.1) is 29.8 Å². The molecule has 1 aliphatic carbocycles. The molecule has 1 fully saturated rings.